The van der Waals surface area contributed by atoms with E-state index >= 15 is 0 Å². The zero-order valence-corrected chi connectivity index (χ0v) is 9.19. The molecule has 1 rings (SSSR count). The first-order valence-corrected chi connectivity index (χ1v) is 5.42. The van der Waals surface area contributed by atoms with Crippen LogP contribution in [0.3, 0.4) is 0 Å². The summed E-state index contributed by atoms with van der Waals surface area (Å²) in [5.41, 5.74) is 0. The van der Waals surface area contributed by atoms with Crippen LogP contribution in [0.25, 0.3) is 0 Å². The van der Waals surface area contributed by atoms with Crippen LogP contribution in [-0.4, -0.2) is 13.2 Å². The van der Waals surface area contributed by atoms with Gasteiger partial charge in [0.1, 0.15) is 0 Å². The molecule has 0 saturated carbocycles. The Bertz CT molecular complexity index is 225. The first-order chi connectivity index (χ1) is 6.23. The zero-order valence-electron chi connectivity index (χ0n) is 8.37. The van der Waals surface area contributed by atoms with Crippen LogP contribution >= 0.6 is 11.3 Å². The smallest absolute Gasteiger partial charge is 0.201 e. The topological polar surface area (TPSA) is 18.5 Å². The third-order valence-electron chi connectivity index (χ3n) is 1.81. The summed E-state index contributed by atoms with van der Waals surface area (Å²) in [7, 11) is 0. The lowest BCUT2D eigenvalue weighted by Crippen LogP contribution is -2.28. The van der Waals surface area contributed by atoms with Gasteiger partial charge in [-0.25, -0.2) is 0 Å². The minimum Gasteiger partial charge on any atom is -0.346 e. The minimum absolute atomic E-state index is 0.558. The van der Waals surface area contributed by atoms with Crippen molar-refractivity contribution in [2.75, 3.05) is 13.2 Å². The van der Waals surface area contributed by atoms with Gasteiger partial charge in [-0.15, -0.1) is 11.3 Å². The van der Waals surface area contributed by atoms with E-state index < -0.39 is 5.79 Å². The summed E-state index contributed by atoms with van der Waals surface area (Å²) in [5.74, 6) is -0.558. The van der Waals surface area contributed by atoms with Crippen LogP contribution in [0.1, 0.15) is 25.6 Å². The second-order valence-corrected chi connectivity index (χ2v) is 3.74. The van der Waals surface area contributed by atoms with Gasteiger partial charge in [-0.2, -0.15) is 0 Å². The summed E-state index contributed by atoms with van der Waals surface area (Å²) < 4.78 is 11.2. The molecule has 0 amide bonds. The van der Waals surface area contributed by atoms with Gasteiger partial charge >= 0.3 is 0 Å². The Morgan fingerprint density at radius 2 is 1.92 bits per heavy atom. The predicted octanol–water partition coefficient (Wildman–Crippen LogP) is 2.99. The van der Waals surface area contributed by atoms with Crippen LogP contribution in [0.15, 0.2) is 17.5 Å². The molecular formula is C10H16O2S. The quantitative estimate of drug-likeness (QED) is 0.680. The molecule has 13 heavy (non-hydrogen) atoms. The SMILES string of the molecule is CCOC(C)(OCC)c1cccs1. The predicted molar refractivity (Wildman–Crippen MR) is 54.9 cm³/mol. The van der Waals surface area contributed by atoms with Crippen molar-refractivity contribution in [1.29, 1.82) is 0 Å². The summed E-state index contributed by atoms with van der Waals surface area (Å²) in [6, 6.07) is 4.05. The van der Waals surface area contributed by atoms with Crippen molar-refractivity contribution in [3.05, 3.63) is 22.4 Å². The maximum Gasteiger partial charge on any atom is 0.201 e. The summed E-state index contributed by atoms with van der Waals surface area (Å²) in [5, 5.41) is 2.03. The highest BCUT2D eigenvalue weighted by atomic mass is 32.1. The molecule has 3 heteroatoms. The van der Waals surface area contributed by atoms with Crippen LogP contribution in [-0.2, 0) is 15.3 Å². The average molecular weight is 200 g/mol. The van der Waals surface area contributed by atoms with Gasteiger partial charge in [-0.1, -0.05) is 6.07 Å². The molecule has 0 fully saturated rings. The zero-order chi connectivity index (χ0) is 9.73. The largest absolute Gasteiger partial charge is 0.346 e. The molecule has 0 unspecified atom stereocenters. The Labute approximate surface area is 83.5 Å². The molecule has 0 aliphatic carbocycles. The molecule has 0 saturated heterocycles. The van der Waals surface area contributed by atoms with Crippen molar-refractivity contribution in [2.45, 2.75) is 26.6 Å². The first-order valence-electron chi connectivity index (χ1n) is 4.54. The van der Waals surface area contributed by atoms with Crippen molar-refractivity contribution in [3.63, 3.8) is 0 Å². The molecule has 0 atom stereocenters. The number of hydrogen-bond donors (Lipinski definition) is 0. The highest BCUT2D eigenvalue weighted by Gasteiger charge is 2.28. The highest BCUT2D eigenvalue weighted by molar-refractivity contribution is 7.10. The molecule has 0 aliphatic heterocycles. The lowest BCUT2D eigenvalue weighted by molar-refractivity contribution is -0.227. The minimum atomic E-state index is -0.558. The van der Waals surface area contributed by atoms with Crippen LogP contribution in [0.2, 0.25) is 0 Å². The molecule has 2 nitrogen and oxygen atoms in total. The maximum atomic E-state index is 5.60. The normalized spacial score (nSPS) is 11.9. The van der Waals surface area contributed by atoms with Gasteiger partial charge in [-0.3, -0.25) is 0 Å². The Kier molecular flexibility index (Phi) is 3.90. The van der Waals surface area contributed by atoms with Crippen LogP contribution in [0.4, 0.5) is 0 Å². The standard InChI is InChI=1S/C10H16O2S/c1-4-11-10(3,12-5-2)9-7-6-8-13-9/h6-8H,4-5H2,1-3H3. The van der Waals surface area contributed by atoms with Gasteiger partial charge in [0.25, 0.3) is 0 Å². The van der Waals surface area contributed by atoms with Gasteiger partial charge < -0.3 is 9.47 Å². The Morgan fingerprint density at radius 1 is 1.31 bits per heavy atom. The van der Waals surface area contributed by atoms with E-state index in [1.54, 1.807) is 11.3 Å². The molecule has 1 heterocycles. The van der Waals surface area contributed by atoms with Crippen molar-refractivity contribution in [2.24, 2.45) is 0 Å². The molecule has 1 aromatic heterocycles. The lowest BCUT2D eigenvalue weighted by Gasteiger charge is -2.27. The number of thiophene rings is 1. The summed E-state index contributed by atoms with van der Waals surface area (Å²) in [6.45, 7) is 7.24. The third-order valence-corrected chi connectivity index (χ3v) is 2.86. The molecular weight excluding hydrogens is 184 g/mol. The van der Waals surface area contributed by atoms with Gasteiger partial charge in [0.15, 0.2) is 0 Å². The fourth-order valence-corrected chi connectivity index (χ4v) is 2.06. The second-order valence-electron chi connectivity index (χ2n) is 2.79. The van der Waals surface area contributed by atoms with E-state index in [9.17, 15) is 0 Å². The van der Waals surface area contributed by atoms with E-state index in [1.165, 1.54) is 0 Å². The van der Waals surface area contributed by atoms with Crippen LogP contribution in [0.5, 0.6) is 0 Å². The number of rotatable bonds is 5. The Morgan fingerprint density at radius 3 is 2.31 bits per heavy atom. The number of hydrogen-bond acceptors (Lipinski definition) is 3. The third kappa shape index (κ3) is 2.53. The van der Waals surface area contributed by atoms with E-state index in [2.05, 4.69) is 0 Å². The van der Waals surface area contributed by atoms with Crippen LogP contribution < -0.4 is 0 Å². The van der Waals surface area contributed by atoms with Gasteiger partial charge in [0, 0.05) is 13.2 Å². The van der Waals surface area contributed by atoms with Crippen LogP contribution in [0, 0.1) is 0 Å². The molecule has 0 N–H and O–H groups in total. The molecule has 0 aromatic carbocycles. The van der Waals surface area contributed by atoms with E-state index in [4.69, 9.17) is 9.47 Å². The van der Waals surface area contributed by atoms with Crippen molar-refractivity contribution in [1.82, 2.24) is 0 Å². The fraction of sp³-hybridized carbons (Fsp3) is 0.600. The Balaban J connectivity index is 2.78. The maximum absolute atomic E-state index is 5.60. The van der Waals surface area contributed by atoms with Gasteiger partial charge in [0.05, 0.1) is 4.88 Å². The Hall–Kier alpha value is -0.380. The summed E-state index contributed by atoms with van der Waals surface area (Å²) >= 11 is 1.66. The fourth-order valence-electron chi connectivity index (χ4n) is 1.27. The molecule has 1 aromatic rings. The first kappa shape index (κ1) is 10.7. The molecule has 0 bridgehead atoms. The number of ether oxygens (including phenoxy) is 2. The van der Waals surface area contributed by atoms with Crippen molar-refractivity contribution in [3.8, 4) is 0 Å². The van der Waals surface area contributed by atoms with Crippen molar-refractivity contribution >= 4 is 11.3 Å². The second kappa shape index (κ2) is 4.74. The highest BCUT2D eigenvalue weighted by Crippen LogP contribution is 2.30. The van der Waals surface area contributed by atoms with E-state index in [0.717, 1.165) is 4.88 Å². The van der Waals surface area contributed by atoms with E-state index in [-0.39, 0.29) is 0 Å². The molecule has 0 radical (unpaired) electrons. The van der Waals surface area contributed by atoms with Crippen molar-refractivity contribution < 1.29 is 9.47 Å². The molecule has 74 valence electrons. The van der Waals surface area contributed by atoms with Gasteiger partial charge in [-0.05, 0) is 32.2 Å². The van der Waals surface area contributed by atoms with E-state index in [1.807, 2.05) is 38.3 Å². The lowest BCUT2D eigenvalue weighted by atomic mass is 10.2. The average Bonchev–Trinajstić information content (AvgIpc) is 2.57. The van der Waals surface area contributed by atoms with E-state index in [0.29, 0.717) is 13.2 Å². The molecule has 0 spiro atoms. The summed E-state index contributed by atoms with van der Waals surface area (Å²) in [6.07, 6.45) is 0. The summed E-state index contributed by atoms with van der Waals surface area (Å²) in [4.78, 5) is 1.12. The molecule has 0 aliphatic rings. The van der Waals surface area contributed by atoms with Gasteiger partial charge in [0.2, 0.25) is 5.79 Å². The monoisotopic (exact) mass is 200 g/mol.